The van der Waals surface area contributed by atoms with Crippen molar-refractivity contribution in [2.24, 2.45) is 5.41 Å². The van der Waals surface area contributed by atoms with Crippen LogP contribution in [0.25, 0.3) is 0 Å². The van der Waals surface area contributed by atoms with E-state index in [0.29, 0.717) is 0 Å². The largest absolute Gasteiger partial charge is 0.481 e. The second kappa shape index (κ2) is 4.16. The number of halogens is 3. The SMILES string of the molecule is CN(C)CC(C)(CC(=O)O)C(F)(F)F. The summed E-state index contributed by atoms with van der Waals surface area (Å²) in [5, 5.41) is 8.41. The summed E-state index contributed by atoms with van der Waals surface area (Å²) in [4.78, 5) is 11.7. The first-order valence-electron chi connectivity index (χ1n) is 4.02. The first-order valence-corrected chi connectivity index (χ1v) is 4.02. The van der Waals surface area contributed by atoms with Crippen LogP contribution in [0.3, 0.4) is 0 Å². The first-order chi connectivity index (χ1) is 6.08. The monoisotopic (exact) mass is 213 g/mol. The summed E-state index contributed by atoms with van der Waals surface area (Å²) in [5.74, 6) is -1.44. The van der Waals surface area contributed by atoms with Gasteiger partial charge in [-0.15, -0.1) is 0 Å². The summed E-state index contributed by atoms with van der Waals surface area (Å²) in [7, 11) is 2.96. The maximum Gasteiger partial charge on any atom is 0.396 e. The van der Waals surface area contributed by atoms with Gasteiger partial charge in [-0.05, 0) is 21.0 Å². The van der Waals surface area contributed by atoms with Crippen LogP contribution in [0.1, 0.15) is 13.3 Å². The summed E-state index contributed by atoms with van der Waals surface area (Å²) in [6.45, 7) is 0.587. The molecule has 0 amide bonds. The molecule has 84 valence electrons. The molecule has 0 saturated carbocycles. The molecule has 3 nitrogen and oxygen atoms in total. The van der Waals surface area contributed by atoms with Crippen LogP contribution >= 0.6 is 0 Å². The summed E-state index contributed by atoms with van der Waals surface area (Å²) in [6, 6.07) is 0. The summed E-state index contributed by atoms with van der Waals surface area (Å²) in [6.07, 6.45) is -5.41. The van der Waals surface area contributed by atoms with E-state index < -0.39 is 24.0 Å². The number of nitrogens with zero attached hydrogens (tertiary/aromatic N) is 1. The number of carboxylic acid groups (broad SMARTS) is 1. The predicted molar refractivity (Wildman–Crippen MR) is 45.0 cm³/mol. The number of hydrogen-bond donors (Lipinski definition) is 1. The fourth-order valence-corrected chi connectivity index (χ4v) is 1.28. The van der Waals surface area contributed by atoms with Crippen molar-refractivity contribution >= 4 is 5.97 Å². The second-order valence-corrected chi connectivity index (χ2v) is 3.87. The average molecular weight is 213 g/mol. The lowest BCUT2D eigenvalue weighted by molar-refractivity contribution is -0.226. The molecule has 0 aliphatic rings. The van der Waals surface area contributed by atoms with Crippen LogP contribution in [0.5, 0.6) is 0 Å². The zero-order chi connectivity index (χ0) is 11.6. The molecule has 0 bridgehead atoms. The van der Waals surface area contributed by atoms with Gasteiger partial charge >= 0.3 is 12.1 Å². The molecule has 1 N–H and O–H groups in total. The molecule has 0 saturated heterocycles. The van der Waals surface area contributed by atoms with Crippen molar-refractivity contribution in [3.05, 3.63) is 0 Å². The topological polar surface area (TPSA) is 40.5 Å². The zero-order valence-electron chi connectivity index (χ0n) is 8.35. The Labute approximate surface area is 80.5 Å². The van der Waals surface area contributed by atoms with Crippen molar-refractivity contribution in [1.29, 1.82) is 0 Å². The highest BCUT2D eigenvalue weighted by atomic mass is 19.4. The van der Waals surface area contributed by atoms with E-state index in [0.717, 1.165) is 6.92 Å². The molecule has 0 aromatic carbocycles. The molecule has 6 heteroatoms. The van der Waals surface area contributed by atoms with Crippen LogP contribution in [0.15, 0.2) is 0 Å². The van der Waals surface area contributed by atoms with Gasteiger partial charge in [0, 0.05) is 6.54 Å². The number of alkyl halides is 3. The van der Waals surface area contributed by atoms with Crippen molar-refractivity contribution in [3.63, 3.8) is 0 Å². The highest BCUT2D eigenvalue weighted by Crippen LogP contribution is 2.41. The van der Waals surface area contributed by atoms with E-state index in [-0.39, 0.29) is 6.54 Å². The second-order valence-electron chi connectivity index (χ2n) is 3.87. The molecule has 0 heterocycles. The molecule has 0 aromatic rings. The van der Waals surface area contributed by atoms with Gasteiger partial charge in [0.15, 0.2) is 0 Å². The quantitative estimate of drug-likeness (QED) is 0.771. The fraction of sp³-hybridized carbons (Fsp3) is 0.875. The smallest absolute Gasteiger partial charge is 0.396 e. The van der Waals surface area contributed by atoms with Gasteiger partial charge in [-0.2, -0.15) is 13.2 Å². The van der Waals surface area contributed by atoms with Crippen molar-refractivity contribution < 1.29 is 23.1 Å². The van der Waals surface area contributed by atoms with Gasteiger partial charge in [0.05, 0.1) is 11.8 Å². The molecule has 14 heavy (non-hydrogen) atoms. The summed E-state index contributed by atoms with van der Waals surface area (Å²) in [5.41, 5.74) is -2.19. The van der Waals surface area contributed by atoms with E-state index in [1.54, 1.807) is 0 Å². The van der Waals surface area contributed by atoms with Gasteiger partial charge in [-0.1, -0.05) is 0 Å². The van der Waals surface area contributed by atoms with Crippen LogP contribution in [-0.4, -0.2) is 42.8 Å². The number of carboxylic acids is 1. The maximum absolute atomic E-state index is 12.5. The molecule has 0 spiro atoms. The molecule has 1 atom stereocenters. The summed E-state index contributed by atoms with van der Waals surface area (Å²) < 4.78 is 37.6. The third kappa shape index (κ3) is 3.53. The molecule has 0 fully saturated rings. The van der Waals surface area contributed by atoms with E-state index >= 15 is 0 Å². The normalized spacial score (nSPS) is 16.8. The average Bonchev–Trinajstić information content (AvgIpc) is 1.78. The van der Waals surface area contributed by atoms with Crippen molar-refractivity contribution in [2.45, 2.75) is 19.5 Å². The van der Waals surface area contributed by atoms with Crippen LogP contribution in [0.4, 0.5) is 13.2 Å². The van der Waals surface area contributed by atoms with Crippen LogP contribution in [0.2, 0.25) is 0 Å². The van der Waals surface area contributed by atoms with E-state index in [2.05, 4.69) is 0 Å². The Bertz CT molecular complexity index is 215. The van der Waals surface area contributed by atoms with Gasteiger partial charge < -0.3 is 10.0 Å². The zero-order valence-corrected chi connectivity index (χ0v) is 8.35. The van der Waals surface area contributed by atoms with Gasteiger partial charge in [0.25, 0.3) is 0 Å². The number of rotatable bonds is 4. The van der Waals surface area contributed by atoms with E-state index in [9.17, 15) is 18.0 Å². The Morgan fingerprint density at radius 2 is 1.79 bits per heavy atom. The molecule has 0 aromatic heterocycles. The van der Waals surface area contributed by atoms with E-state index in [4.69, 9.17) is 5.11 Å². The fourth-order valence-electron chi connectivity index (χ4n) is 1.28. The van der Waals surface area contributed by atoms with E-state index in [1.807, 2.05) is 0 Å². The van der Waals surface area contributed by atoms with Gasteiger partial charge in [-0.25, -0.2) is 0 Å². The lowest BCUT2D eigenvalue weighted by Gasteiger charge is -2.32. The third-order valence-corrected chi connectivity index (χ3v) is 1.89. The standard InChI is InChI=1S/C8H14F3NO2/c1-7(4-6(13)14,5-12(2)3)8(9,10)11/h4-5H2,1-3H3,(H,13,14). The minimum atomic E-state index is -4.50. The highest BCUT2D eigenvalue weighted by molar-refractivity contribution is 5.67. The summed E-state index contributed by atoms with van der Waals surface area (Å²) >= 11 is 0. The minimum Gasteiger partial charge on any atom is -0.481 e. The highest BCUT2D eigenvalue weighted by Gasteiger charge is 2.52. The van der Waals surface area contributed by atoms with Crippen molar-refractivity contribution in [2.75, 3.05) is 20.6 Å². The van der Waals surface area contributed by atoms with Crippen molar-refractivity contribution in [3.8, 4) is 0 Å². The van der Waals surface area contributed by atoms with Crippen LogP contribution in [0, 0.1) is 5.41 Å². The Balaban J connectivity index is 4.76. The molecule has 0 aliphatic carbocycles. The maximum atomic E-state index is 12.5. The molecular weight excluding hydrogens is 199 g/mol. The molecule has 0 radical (unpaired) electrons. The lowest BCUT2D eigenvalue weighted by Crippen LogP contribution is -2.44. The van der Waals surface area contributed by atoms with Gasteiger partial charge in [0.1, 0.15) is 0 Å². The Hall–Kier alpha value is -0.780. The molecular formula is C8H14F3NO2. The van der Waals surface area contributed by atoms with Gasteiger partial charge in [-0.3, -0.25) is 4.79 Å². The Morgan fingerprint density at radius 1 is 1.36 bits per heavy atom. The minimum absolute atomic E-state index is 0.331. The number of carbonyl (C=O) groups is 1. The molecule has 1 unspecified atom stereocenters. The van der Waals surface area contributed by atoms with Gasteiger partial charge in [0.2, 0.25) is 0 Å². The first kappa shape index (κ1) is 13.2. The van der Waals surface area contributed by atoms with Crippen LogP contribution in [-0.2, 0) is 4.79 Å². The lowest BCUT2D eigenvalue weighted by atomic mass is 9.85. The predicted octanol–water partition coefficient (Wildman–Crippen LogP) is 1.59. The Kier molecular flexibility index (Phi) is 3.93. The van der Waals surface area contributed by atoms with Crippen LogP contribution < -0.4 is 0 Å². The number of hydrogen-bond acceptors (Lipinski definition) is 2. The van der Waals surface area contributed by atoms with Crippen molar-refractivity contribution in [1.82, 2.24) is 4.90 Å². The third-order valence-electron chi connectivity index (χ3n) is 1.89. The Morgan fingerprint density at radius 3 is 2.00 bits per heavy atom. The molecule has 0 aliphatic heterocycles. The molecule has 0 rings (SSSR count). The number of aliphatic carboxylic acids is 1. The van der Waals surface area contributed by atoms with E-state index in [1.165, 1.54) is 19.0 Å².